The molecule has 3 aromatic carbocycles. The predicted octanol–water partition coefficient (Wildman–Crippen LogP) is 6.99. The monoisotopic (exact) mass is 513 g/mol. The van der Waals surface area contributed by atoms with Crippen molar-refractivity contribution in [3.05, 3.63) is 72.3 Å². The SMILES string of the molecule is COc1cc(N2CCC(Oc3ccc(-c4ccccc4C(F)(F)F)cc3)C2=O)ccc1OCC(C)(C)C. The molecule has 1 aliphatic heterocycles. The average Bonchev–Trinajstić information content (AvgIpc) is 3.22. The number of hydrogen-bond donors (Lipinski definition) is 0. The predicted molar refractivity (Wildman–Crippen MR) is 136 cm³/mol. The van der Waals surface area contributed by atoms with Crippen molar-refractivity contribution < 1.29 is 32.2 Å². The maximum Gasteiger partial charge on any atom is 0.417 e. The van der Waals surface area contributed by atoms with E-state index in [2.05, 4.69) is 20.8 Å². The fourth-order valence-electron chi connectivity index (χ4n) is 4.12. The molecule has 0 saturated carbocycles. The molecule has 5 nitrogen and oxygen atoms in total. The Morgan fingerprint density at radius 2 is 1.65 bits per heavy atom. The van der Waals surface area contributed by atoms with Crippen LogP contribution < -0.4 is 19.1 Å². The Kier molecular flexibility index (Phi) is 7.39. The summed E-state index contributed by atoms with van der Waals surface area (Å²) in [5.74, 6) is 1.36. The molecule has 37 heavy (non-hydrogen) atoms. The van der Waals surface area contributed by atoms with Gasteiger partial charge in [0, 0.05) is 24.7 Å². The highest BCUT2D eigenvalue weighted by Crippen LogP contribution is 2.38. The molecular weight excluding hydrogens is 483 g/mol. The fourth-order valence-corrected chi connectivity index (χ4v) is 4.12. The Labute approximate surface area is 214 Å². The van der Waals surface area contributed by atoms with Crippen LogP contribution in [-0.4, -0.2) is 32.3 Å². The Morgan fingerprint density at radius 3 is 2.30 bits per heavy atom. The molecular formula is C29H30F3NO4. The Balaban J connectivity index is 1.45. The zero-order chi connectivity index (χ0) is 26.8. The van der Waals surface area contributed by atoms with Crippen molar-refractivity contribution in [1.82, 2.24) is 0 Å². The van der Waals surface area contributed by atoms with Crippen molar-refractivity contribution in [3.63, 3.8) is 0 Å². The van der Waals surface area contributed by atoms with Crippen LogP contribution >= 0.6 is 0 Å². The third kappa shape index (κ3) is 6.18. The van der Waals surface area contributed by atoms with Crippen LogP contribution in [-0.2, 0) is 11.0 Å². The van der Waals surface area contributed by atoms with E-state index in [4.69, 9.17) is 14.2 Å². The van der Waals surface area contributed by atoms with E-state index in [0.717, 1.165) is 6.07 Å². The number of benzene rings is 3. The molecule has 1 atom stereocenters. The molecule has 0 radical (unpaired) electrons. The maximum atomic E-state index is 13.4. The minimum Gasteiger partial charge on any atom is -0.493 e. The van der Waals surface area contributed by atoms with E-state index in [-0.39, 0.29) is 16.9 Å². The smallest absolute Gasteiger partial charge is 0.417 e. The van der Waals surface area contributed by atoms with Crippen molar-refractivity contribution in [2.45, 2.75) is 39.5 Å². The van der Waals surface area contributed by atoms with Crippen LogP contribution in [0, 0.1) is 5.41 Å². The van der Waals surface area contributed by atoms with Gasteiger partial charge in [0.25, 0.3) is 5.91 Å². The second kappa shape index (κ2) is 10.4. The van der Waals surface area contributed by atoms with Gasteiger partial charge < -0.3 is 19.1 Å². The number of alkyl halides is 3. The molecule has 1 aliphatic rings. The Bertz CT molecular complexity index is 1250. The minimum absolute atomic E-state index is 0.0148. The highest BCUT2D eigenvalue weighted by atomic mass is 19.4. The Morgan fingerprint density at radius 1 is 0.946 bits per heavy atom. The van der Waals surface area contributed by atoms with Gasteiger partial charge in [0.15, 0.2) is 17.6 Å². The maximum absolute atomic E-state index is 13.4. The third-order valence-electron chi connectivity index (χ3n) is 5.95. The molecule has 1 saturated heterocycles. The molecule has 4 rings (SSSR count). The fraction of sp³-hybridized carbons (Fsp3) is 0.345. The Hall–Kier alpha value is -3.68. The van der Waals surface area contributed by atoms with Gasteiger partial charge in [-0.2, -0.15) is 13.2 Å². The van der Waals surface area contributed by atoms with Crippen LogP contribution in [0.25, 0.3) is 11.1 Å². The molecule has 196 valence electrons. The first kappa shape index (κ1) is 26.4. The van der Waals surface area contributed by atoms with Gasteiger partial charge >= 0.3 is 6.18 Å². The van der Waals surface area contributed by atoms with E-state index in [9.17, 15) is 18.0 Å². The normalized spacial score (nSPS) is 16.1. The zero-order valence-corrected chi connectivity index (χ0v) is 21.3. The summed E-state index contributed by atoms with van der Waals surface area (Å²) in [7, 11) is 1.55. The number of anilines is 1. The number of carbonyl (C=O) groups excluding carboxylic acids is 1. The van der Waals surface area contributed by atoms with E-state index in [1.54, 1.807) is 54.5 Å². The number of amides is 1. The second-order valence-electron chi connectivity index (χ2n) is 10.1. The van der Waals surface area contributed by atoms with E-state index in [0.29, 0.717) is 48.1 Å². The first-order valence-electron chi connectivity index (χ1n) is 12.0. The van der Waals surface area contributed by atoms with Crippen LogP contribution in [0.3, 0.4) is 0 Å². The lowest BCUT2D eigenvalue weighted by atomic mass is 9.99. The highest BCUT2D eigenvalue weighted by Gasteiger charge is 2.35. The van der Waals surface area contributed by atoms with E-state index >= 15 is 0 Å². The lowest BCUT2D eigenvalue weighted by molar-refractivity contribution is -0.137. The van der Waals surface area contributed by atoms with E-state index < -0.39 is 17.8 Å². The van der Waals surface area contributed by atoms with Gasteiger partial charge in [-0.25, -0.2) is 0 Å². The summed E-state index contributed by atoms with van der Waals surface area (Å²) in [6, 6.07) is 17.1. The summed E-state index contributed by atoms with van der Waals surface area (Å²) >= 11 is 0. The summed E-state index contributed by atoms with van der Waals surface area (Å²) in [6.45, 7) is 7.21. The molecule has 1 amide bonds. The molecule has 1 unspecified atom stereocenters. The van der Waals surface area contributed by atoms with Crippen LogP contribution in [0.5, 0.6) is 17.2 Å². The highest BCUT2D eigenvalue weighted by molar-refractivity contribution is 5.99. The van der Waals surface area contributed by atoms with Crippen LogP contribution in [0.1, 0.15) is 32.8 Å². The molecule has 0 bridgehead atoms. The number of nitrogens with zero attached hydrogens (tertiary/aromatic N) is 1. The summed E-state index contributed by atoms with van der Waals surface area (Å²) < 4.78 is 57.4. The first-order valence-corrected chi connectivity index (χ1v) is 12.0. The lowest BCUT2D eigenvalue weighted by Gasteiger charge is -2.22. The van der Waals surface area contributed by atoms with Crippen molar-refractivity contribution in [2.24, 2.45) is 5.41 Å². The summed E-state index contributed by atoms with van der Waals surface area (Å²) in [6.07, 6.45) is -4.68. The number of carbonyl (C=O) groups is 1. The van der Waals surface area contributed by atoms with Crippen molar-refractivity contribution >= 4 is 11.6 Å². The van der Waals surface area contributed by atoms with Crippen LogP contribution in [0.4, 0.5) is 18.9 Å². The number of ether oxygens (including phenoxy) is 3. The lowest BCUT2D eigenvalue weighted by Crippen LogP contribution is -2.32. The standard InChI is InChI=1S/C29H30F3NO4/c1-28(2,3)18-36-24-14-11-20(17-26(24)35-4)33-16-15-25(27(33)34)37-21-12-9-19(10-13-21)22-7-5-6-8-23(22)29(30,31)32/h5-14,17,25H,15-16,18H2,1-4H3. The van der Waals surface area contributed by atoms with Crippen molar-refractivity contribution in [3.8, 4) is 28.4 Å². The summed E-state index contributed by atoms with van der Waals surface area (Å²) in [5.41, 5.74) is 0.471. The van der Waals surface area contributed by atoms with E-state index in [1.165, 1.54) is 12.1 Å². The number of halogens is 3. The van der Waals surface area contributed by atoms with Crippen molar-refractivity contribution in [2.75, 3.05) is 25.2 Å². The third-order valence-corrected chi connectivity index (χ3v) is 5.95. The molecule has 0 spiro atoms. The molecule has 0 aliphatic carbocycles. The van der Waals surface area contributed by atoms with Crippen LogP contribution in [0.15, 0.2) is 66.7 Å². The molecule has 1 heterocycles. The van der Waals surface area contributed by atoms with Gasteiger partial charge in [0.2, 0.25) is 0 Å². The number of rotatable bonds is 7. The first-order chi connectivity index (χ1) is 17.5. The van der Waals surface area contributed by atoms with Crippen molar-refractivity contribution in [1.29, 1.82) is 0 Å². The molecule has 0 N–H and O–H groups in total. The summed E-state index contributed by atoms with van der Waals surface area (Å²) in [5, 5.41) is 0. The van der Waals surface area contributed by atoms with Crippen LogP contribution in [0.2, 0.25) is 0 Å². The van der Waals surface area contributed by atoms with Gasteiger partial charge in [-0.3, -0.25) is 4.79 Å². The zero-order valence-electron chi connectivity index (χ0n) is 21.3. The molecule has 3 aromatic rings. The molecule has 1 fully saturated rings. The quantitative estimate of drug-likeness (QED) is 0.342. The molecule has 0 aromatic heterocycles. The van der Waals surface area contributed by atoms with Gasteiger partial charge in [0.1, 0.15) is 5.75 Å². The number of hydrogen-bond acceptors (Lipinski definition) is 4. The van der Waals surface area contributed by atoms with Gasteiger partial charge in [0.05, 0.1) is 19.3 Å². The van der Waals surface area contributed by atoms with Gasteiger partial charge in [-0.05, 0) is 46.9 Å². The van der Waals surface area contributed by atoms with Gasteiger partial charge in [-0.15, -0.1) is 0 Å². The van der Waals surface area contributed by atoms with E-state index in [1.807, 2.05) is 6.07 Å². The largest absolute Gasteiger partial charge is 0.493 e. The number of methoxy groups -OCH3 is 1. The second-order valence-corrected chi connectivity index (χ2v) is 10.1. The molecule has 8 heteroatoms. The topological polar surface area (TPSA) is 48.0 Å². The van der Waals surface area contributed by atoms with Gasteiger partial charge in [-0.1, -0.05) is 51.1 Å². The average molecular weight is 514 g/mol. The minimum atomic E-state index is -4.45. The summed E-state index contributed by atoms with van der Waals surface area (Å²) in [4.78, 5) is 14.7.